The molecule has 11 nitrogen and oxygen atoms in total. The number of likely N-dealkylation sites (tertiary alicyclic amines) is 1. The molecule has 2 fully saturated rings. The van der Waals surface area contributed by atoms with Crippen LogP contribution >= 0.6 is 11.3 Å². The van der Waals surface area contributed by atoms with E-state index >= 15 is 0 Å². The van der Waals surface area contributed by atoms with Crippen LogP contribution in [0.4, 0.5) is 10.1 Å². The molecule has 1 aromatic heterocycles. The third kappa shape index (κ3) is 7.38. The van der Waals surface area contributed by atoms with Crippen LogP contribution in [0.3, 0.4) is 0 Å². The van der Waals surface area contributed by atoms with Gasteiger partial charge in [0.1, 0.15) is 22.8 Å². The van der Waals surface area contributed by atoms with Crippen LogP contribution in [0.5, 0.6) is 0 Å². The van der Waals surface area contributed by atoms with Crippen molar-refractivity contribution in [2.24, 2.45) is 5.92 Å². The maximum absolute atomic E-state index is 13.9. The van der Waals surface area contributed by atoms with Crippen LogP contribution in [0.25, 0.3) is 11.3 Å². The first-order valence-corrected chi connectivity index (χ1v) is 16.4. The first-order valence-electron chi connectivity index (χ1n) is 13.7. The van der Waals surface area contributed by atoms with Crippen molar-refractivity contribution < 1.29 is 22.8 Å². The lowest BCUT2D eigenvalue weighted by Gasteiger charge is -2.35. The van der Waals surface area contributed by atoms with Crippen molar-refractivity contribution in [3.8, 4) is 11.3 Å². The Bertz CT molecular complexity index is 1310. The standard InChI is InChI=1S/C27H38N6O5S2/c1-17(28-2)23(34)29-22(19-13-8-5-9-14-19)26(36)33-16-10-15-20(33)24(35)31-25-21(18-11-6-4-7-12-18)30-27(39-25)32-40(3,37)38/h4,6-7,11-12,17,19-20,22,28H,5,8-10,13-16H2,1-3H3,(H,29,34)(H,30,32)(H,31,35)/t17-,20-,22-/m0/s1. The highest BCUT2D eigenvalue weighted by Gasteiger charge is 2.41. The van der Waals surface area contributed by atoms with E-state index in [0.29, 0.717) is 35.6 Å². The molecule has 0 radical (unpaired) electrons. The van der Waals surface area contributed by atoms with Gasteiger partial charge in [0.25, 0.3) is 0 Å². The predicted octanol–water partition coefficient (Wildman–Crippen LogP) is 2.78. The number of thiazole rings is 1. The summed E-state index contributed by atoms with van der Waals surface area (Å²) in [5.41, 5.74) is 1.16. The maximum Gasteiger partial charge on any atom is 0.247 e. The van der Waals surface area contributed by atoms with Gasteiger partial charge < -0.3 is 20.9 Å². The Hall–Kier alpha value is -3.03. The van der Waals surface area contributed by atoms with Crippen molar-refractivity contribution in [1.29, 1.82) is 0 Å². The molecule has 4 N–H and O–H groups in total. The summed E-state index contributed by atoms with van der Waals surface area (Å²) in [4.78, 5) is 46.4. The topological polar surface area (TPSA) is 150 Å². The molecule has 1 aliphatic carbocycles. The summed E-state index contributed by atoms with van der Waals surface area (Å²) in [6, 6.07) is 7.30. The molecule has 1 aromatic carbocycles. The van der Waals surface area contributed by atoms with Crippen LogP contribution in [0.15, 0.2) is 30.3 Å². The number of carbonyl (C=O) groups is 3. The van der Waals surface area contributed by atoms with E-state index in [1.807, 2.05) is 30.3 Å². The summed E-state index contributed by atoms with van der Waals surface area (Å²) in [6.07, 6.45) is 7.03. The molecule has 3 amide bonds. The monoisotopic (exact) mass is 590 g/mol. The number of hydrogen-bond donors (Lipinski definition) is 4. The second kappa shape index (κ2) is 13.1. The number of anilines is 2. The quantitative estimate of drug-likeness (QED) is 0.332. The van der Waals surface area contributed by atoms with E-state index in [9.17, 15) is 22.8 Å². The zero-order valence-electron chi connectivity index (χ0n) is 23.1. The van der Waals surface area contributed by atoms with Gasteiger partial charge in [0.2, 0.25) is 27.7 Å². The van der Waals surface area contributed by atoms with Gasteiger partial charge in [-0.25, -0.2) is 13.4 Å². The van der Waals surface area contributed by atoms with Gasteiger partial charge in [-0.1, -0.05) is 60.9 Å². The van der Waals surface area contributed by atoms with Gasteiger partial charge in [-0.2, -0.15) is 0 Å². The summed E-state index contributed by atoms with van der Waals surface area (Å²) in [5, 5.41) is 9.35. The number of likely N-dealkylation sites (N-methyl/N-ethyl adjacent to an activating group) is 1. The van der Waals surface area contributed by atoms with Crippen molar-refractivity contribution >= 4 is 49.2 Å². The average Bonchev–Trinajstić information content (AvgIpc) is 3.58. The molecule has 0 unspecified atom stereocenters. The fourth-order valence-corrected chi connectivity index (χ4v) is 7.06. The number of rotatable bonds is 10. The molecule has 1 saturated heterocycles. The minimum atomic E-state index is -3.57. The minimum Gasteiger partial charge on any atom is -0.343 e. The molecule has 1 saturated carbocycles. The smallest absolute Gasteiger partial charge is 0.247 e. The van der Waals surface area contributed by atoms with Crippen molar-refractivity contribution in [3.63, 3.8) is 0 Å². The van der Waals surface area contributed by atoms with E-state index in [2.05, 4.69) is 25.7 Å². The van der Waals surface area contributed by atoms with Crippen LogP contribution < -0.4 is 20.7 Å². The molecule has 218 valence electrons. The molecule has 2 heterocycles. The molecular weight excluding hydrogens is 552 g/mol. The number of benzene rings is 1. The van der Waals surface area contributed by atoms with Crippen molar-refractivity contribution in [1.82, 2.24) is 20.5 Å². The number of sulfonamides is 1. The van der Waals surface area contributed by atoms with E-state index in [4.69, 9.17) is 0 Å². The summed E-state index contributed by atoms with van der Waals surface area (Å²) < 4.78 is 26.0. The highest BCUT2D eigenvalue weighted by Crippen LogP contribution is 2.37. The Labute approximate surface area is 239 Å². The SMILES string of the molecule is CN[C@@H](C)C(=O)N[C@H](C(=O)N1CCC[C@H]1C(=O)Nc1sc(NS(C)(=O)=O)nc1-c1ccccc1)C1CCCCC1. The number of amides is 3. The van der Waals surface area contributed by atoms with Crippen LogP contribution in [0, 0.1) is 5.92 Å². The van der Waals surface area contributed by atoms with Gasteiger partial charge in [0.05, 0.1) is 12.3 Å². The summed E-state index contributed by atoms with van der Waals surface area (Å²) in [7, 11) is -1.88. The number of hydrogen-bond acceptors (Lipinski definition) is 8. The molecule has 13 heteroatoms. The van der Waals surface area contributed by atoms with Gasteiger partial charge >= 0.3 is 0 Å². The average molecular weight is 591 g/mol. The van der Waals surface area contributed by atoms with E-state index < -0.39 is 28.1 Å². The lowest BCUT2D eigenvalue weighted by molar-refractivity contribution is -0.142. The van der Waals surface area contributed by atoms with Crippen LogP contribution in [0.1, 0.15) is 51.9 Å². The fraction of sp³-hybridized carbons (Fsp3) is 0.556. The van der Waals surface area contributed by atoms with E-state index in [1.165, 1.54) is 0 Å². The van der Waals surface area contributed by atoms with Crippen LogP contribution in [-0.4, -0.2) is 74.0 Å². The Morgan fingerprint density at radius 1 is 1.05 bits per heavy atom. The minimum absolute atomic E-state index is 0.0226. The Morgan fingerprint density at radius 3 is 2.40 bits per heavy atom. The maximum atomic E-state index is 13.9. The second-order valence-corrected chi connectivity index (χ2v) is 13.3. The Morgan fingerprint density at radius 2 is 1.75 bits per heavy atom. The van der Waals surface area contributed by atoms with Gasteiger partial charge in [0.15, 0.2) is 5.13 Å². The zero-order chi connectivity index (χ0) is 28.9. The lowest BCUT2D eigenvalue weighted by Crippen LogP contribution is -2.57. The number of nitrogens with one attached hydrogen (secondary N) is 4. The molecular formula is C27H38N6O5S2. The summed E-state index contributed by atoms with van der Waals surface area (Å²) in [5.74, 6) is -0.813. The van der Waals surface area contributed by atoms with Crippen molar-refractivity contribution in [2.45, 2.75) is 70.0 Å². The second-order valence-electron chi connectivity index (χ2n) is 10.5. The van der Waals surface area contributed by atoms with Crippen molar-refractivity contribution in [3.05, 3.63) is 30.3 Å². The highest BCUT2D eigenvalue weighted by molar-refractivity contribution is 7.92. The molecule has 1 aliphatic heterocycles. The molecule has 3 atom stereocenters. The summed E-state index contributed by atoms with van der Waals surface area (Å²) in [6.45, 7) is 2.17. The van der Waals surface area contributed by atoms with Crippen molar-refractivity contribution in [2.75, 3.05) is 29.9 Å². The molecule has 4 rings (SSSR count). The fourth-order valence-electron chi connectivity index (χ4n) is 5.33. The number of carbonyl (C=O) groups excluding carboxylic acids is 3. The first kappa shape index (κ1) is 29.9. The van der Waals surface area contributed by atoms with E-state index in [-0.39, 0.29) is 28.8 Å². The van der Waals surface area contributed by atoms with E-state index in [1.54, 1.807) is 18.9 Å². The van der Waals surface area contributed by atoms with E-state index in [0.717, 1.165) is 49.7 Å². The van der Waals surface area contributed by atoms with Crippen LogP contribution in [-0.2, 0) is 24.4 Å². The lowest BCUT2D eigenvalue weighted by atomic mass is 9.83. The predicted molar refractivity (Wildman–Crippen MR) is 156 cm³/mol. The number of aromatic nitrogens is 1. The molecule has 0 spiro atoms. The highest BCUT2D eigenvalue weighted by atomic mass is 32.2. The van der Waals surface area contributed by atoms with Gasteiger partial charge in [-0.15, -0.1) is 0 Å². The summed E-state index contributed by atoms with van der Waals surface area (Å²) >= 11 is 1.02. The normalized spacial score (nSPS) is 19.6. The number of nitrogens with zero attached hydrogens (tertiary/aromatic N) is 2. The Kier molecular flexibility index (Phi) is 9.80. The van der Waals surface area contributed by atoms with Gasteiger partial charge in [-0.3, -0.25) is 19.1 Å². The third-order valence-corrected chi connectivity index (χ3v) is 9.11. The molecule has 2 aliphatic rings. The first-order chi connectivity index (χ1) is 19.1. The van der Waals surface area contributed by atoms with Gasteiger partial charge in [-0.05, 0) is 45.6 Å². The molecule has 40 heavy (non-hydrogen) atoms. The zero-order valence-corrected chi connectivity index (χ0v) is 24.7. The molecule has 2 aromatic rings. The van der Waals surface area contributed by atoms with Crippen LogP contribution in [0.2, 0.25) is 0 Å². The molecule has 0 bridgehead atoms. The Balaban J connectivity index is 1.56. The van der Waals surface area contributed by atoms with Gasteiger partial charge in [0, 0.05) is 12.1 Å². The largest absolute Gasteiger partial charge is 0.343 e. The third-order valence-electron chi connectivity index (χ3n) is 7.53.